The minimum absolute atomic E-state index is 0.270. The Labute approximate surface area is 82.6 Å². The highest BCUT2D eigenvalue weighted by Gasteiger charge is 2.01. The van der Waals surface area contributed by atoms with Crippen LogP contribution in [-0.4, -0.2) is 6.61 Å². The van der Waals surface area contributed by atoms with Crippen molar-refractivity contribution in [3.8, 4) is 0 Å². The van der Waals surface area contributed by atoms with Gasteiger partial charge in [-0.3, -0.25) is 0 Å². The van der Waals surface area contributed by atoms with E-state index in [2.05, 4.69) is 19.2 Å². The molecule has 0 amide bonds. The summed E-state index contributed by atoms with van der Waals surface area (Å²) in [5.41, 5.74) is 0.541. The molecule has 0 heterocycles. The third kappa shape index (κ3) is 3.20. The highest BCUT2D eigenvalue weighted by atomic mass is 32.1. The summed E-state index contributed by atoms with van der Waals surface area (Å²) >= 11 is 4.01. The van der Waals surface area contributed by atoms with Crippen LogP contribution in [0.4, 0.5) is 4.39 Å². The first-order chi connectivity index (χ1) is 6.24. The van der Waals surface area contributed by atoms with Gasteiger partial charge in [-0.15, -0.1) is 19.2 Å². The van der Waals surface area contributed by atoms with E-state index in [1.165, 1.54) is 6.07 Å². The van der Waals surface area contributed by atoms with Gasteiger partial charge in [0, 0.05) is 10.5 Å². The number of thiol groups is 1. The fraction of sp³-hybridized carbons (Fsp3) is 0.200. The second-order valence-corrected chi connectivity index (χ2v) is 3.10. The van der Waals surface area contributed by atoms with E-state index in [0.717, 1.165) is 0 Å². The predicted molar refractivity (Wildman–Crippen MR) is 53.5 cm³/mol. The molecule has 0 radical (unpaired) electrons. The van der Waals surface area contributed by atoms with Gasteiger partial charge in [0.05, 0.1) is 13.2 Å². The molecule has 0 aromatic heterocycles. The van der Waals surface area contributed by atoms with E-state index in [-0.39, 0.29) is 12.4 Å². The molecule has 0 fully saturated rings. The molecule has 0 unspecified atom stereocenters. The number of rotatable bonds is 4. The minimum Gasteiger partial charge on any atom is -0.373 e. The number of hydrogen-bond acceptors (Lipinski definition) is 2. The average molecular weight is 198 g/mol. The Balaban J connectivity index is 2.61. The van der Waals surface area contributed by atoms with E-state index in [0.29, 0.717) is 17.1 Å². The Morgan fingerprint density at radius 3 is 2.92 bits per heavy atom. The van der Waals surface area contributed by atoms with Crippen molar-refractivity contribution in [2.75, 3.05) is 6.61 Å². The van der Waals surface area contributed by atoms with Gasteiger partial charge in [0.15, 0.2) is 0 Å². The predicted octanol–water partition coefficient (Wildman–Crippen LogP) is 2.82. The second-order valence-electron chi connectivity index (χ2n) is 2.58. The van der Waals surface area contributed by atoms with Crippen molar-refractivity contribution in [3.63, 3.8) is 0 Å². The molecule has 1 aromatic carbocycles. The summed E-state index contributed by atoms with van der Waals surface area (Å²) in [4.78, 5) is 0.616. The molecule has 0 bridgehead atoms. The summed E-state index contributed by atoms with van der Waals surface area (Å²) in [6, 6.07) is 4.77. The van der Waals surface area contributed by atoms with Gasteiger partial charge >= 0.3 is 0 Å². The third-order valence-electron chi connectivity index (χ3n) is 1.53. The molecular formula is C10H11FOS. The van der Waals surface area contributed by atoms with E-state index < -0.39 is 0 Å². The molecule has 0 aliphatic rings. The highest BCUT2D eigenvalue weighted by Crippen LogP contribution is 2.13. The lowest BCUT2D eigenvalue weighted by Gasteiger charge is -2.03. The summed E-state index contributed by atoms with van der Waals surface area (Å²) in [5.74, 6) is -0.281. The first kappa shape index (κ1) is 10.3. The van der Waals surface area contributed by atoms with Gasteiger partial charge in [0.1, 0.15) is 5.82 Å². The molecule has 0 N–H and O–H groups in total. The minimum atomic E-state index is -0.281. The lowest BCUT2D eigenvalue weighted by molar-refractivity contribution is 0.146. The first-order valence-electron chi connectivity index (χ1n) is 3.90. The van der Waals surface area contributed by atoms with Crippen LogP contribution in [-0.2, 0) is 11.3 Å². The summed E-state index contributed by atoms with van der Waals surface area (Å²) in [6.45, 7) is 4.20. The van der Waals surface area contributed by atoms with Crippen molar-refractivity contribution in [2.45, 2.75) is 11.5 Å². The number of ether oxygens (including phenoxy) is 1. The van der Waals surface area contributed by atoms with Crippen LogP contribution >= 0.6 is 12.6 Å². The number of benzene rings is 1. The van der Waals surface area contributed by atoms with E-state index in [1.54, 1.807) is 18.2 Å². The Kier molecular flexibility index (Phi) is 3.99. The van der Waals surface area contributed by atoms with Crippen molar-refractivity contribution >= 4 is 12.6 Å². The Morgan fingerprint density at radius 1 is 1.54 bits per heavy atom. The maximum atomic E-state index is 13.1. The lowest BCUT2D eigenvalue weighted by Crippen LogP contribution is -1.95. The van der Waals surface area contributed by atoms with Crippen LogP contribution in [0.5, 0.6) is 0 Å². The molecule has 1 aromatic rings. The smallest absolute Gasteiger partial charge is 0.129 e. The van der Waals surface area contributed by atoms with Gasteiger partial charge in [-0.2, -0.15) is 0 Å². The third-order valence-corrected chi connectivity index (χ3v) is 1.81. The van der Waals surface area contributed by atoms with Crippen molar-refractivity contribution < 1.29 is 9.13 Å². The molecule has 70 valence electrons. The highest BCUT2D eigenvalue weighted by molar-refractivity contribution is 7.80. The zero-order valence-electron chi connectivity index (χ0n) is 7.16. The summed E-state index contributed by atoms with van der Waals surface area (Å²) in [6.07, 6.45) is 1.63. The lowest BCUT2D eigenvalue weighted by atomic mass is 10.2. The van der Waals surface area contributed by atoms with Crippen LogP contribution in [0.25, 0.3) is 0 Å². The Hall–Kier alpha value is -0.800. The number of hydrogen-bond donors (Lipinski definition) is 1. The topological polar surface area (TPSA) is 9.23 Å². The van der Waals surface area contributed by atoms with E-state index in [9.17, 15) is 4.39 Å². The van der Waals surface area contributed by atoms with E-state index >= 15 is 0 Å². The van der Waals surface area contributed by atoms with E-state index in [1.807, 2.05) is 0 Å². The standard InChI is InChI=1S/C10H11FOS/c1-2-5-12-7-8-3-4-9(13)6-10(8)11/h2-4,6,13H,1,5,7H2. The van der Waals surface area contributed by atoms with Gasteiger partial charge < -0.3 is 4.74 Å². The van der Waals surface area contributed by atoms with Crippen LogP contribution in [0.15, 0.2) is 35.7 Å². The first-order valence-corrected chi connectivity index (χ1v) is 4.35. The van der Waals surface area contributed by atoms with Crippen molar-refractivity contribution in [1.29, 1.82) is 0 Å². The van der Waals surface area contributed by atoms with Crippen LogP contribution in [0.3, 0.4) is 0 Å². The van der Waals surface area contributed by atoms with Crippen molar-refractivity contribution in [3.05, 3.63) is 42.2 Å². The molecule has 0 saturated heterocycles. The molecule has 1 nitrogen and oxygen atoms in total. The molecule has 0 saturated carbocycles. The summed E-state index contributed by atoms with van der Waals surface area (Å²) in [7, 11) is 0. The van der Waals surface area contributed by atoms with Crippen LogP contribution < -0.4 is 0 Å². The van der Waals surface area contributed by atoms with Crippen molar-refractivity contribution in [2.24, 2.45) is 0 Å². The summed E-state index contributed by atoms with van der Waals surface area (Å²) < 4.78 is 18.2. The van der Waals surface area contributed by atoms with Gasteiger partial charge in [0.25, 0.3) is 0 Å². The van der Waals surface area contributed by atoms with Crippen LogP contribution in [0.1, 0.15) is 5.56 Å². The summed E-state index contributed by atoms with van der Waals surface area (Å²) in [5, 5.41) is 0. The maximum Gasteiger partial charge on any atom is 0.129 e. The Morgan fingerprint density at radius 2 is 2.31 bits per heavy atom. The molecule has 0 aliphatic heterocycles. The van der Waals surface area contributed by atoms with Crippen LogP contribution in [0.2, 0.25) is 0 Å². The van der Waals surface area contributed by atoms with Crippen molar-refractivity contribution in [1.82, 2.24) is 0 Å². The van der Waals surface area contributed by atoms with Gasteiger partial charge in [-0.25, -0.2) is 4.39 Å². The molecule has 1 rings (SSSR count). The molecule has 3 heteroatoms. The zero-order chi connectivity index (χ0) is 9.68. The molecule has 13 heavy (non-hydrogen) atoms. The number of halogens is 1. The largest absolute Gasteiger partial charge is 0.373 e. The maximum absolute atomic E-state index is 13.1. The fourth-order valence-electron chi connectivity index (χ4n) is 0.906. The molecule has 0 aliphatic carbocycles. The van der Waals surface area contributed by atoms with Crippen LogP contribution in [0, 0.1) is 5.82 Å². The fourth-order valence-corrected chi connectivity index (χ4v) is 1.09. The SMILES string of the molecule is C=CCOCc1ccc(S)cc1F. The molecule has 0 atom stereocenters. The normalized spacial score (nSPS) is 10.0. The van der Waals surface area contributed by atoms with E-state index in [4.69, 9.17) is 4.74 Å². The Bertz CT molecular complexity index is 299. The van der Waals surface area contributed by atoms with Gasteiger partial charge in [-0.1, -0.05) is 12.1 Å². The quantitative estimate of drug-likeness (QED) is 0.444. The van der Waals surface area contributed by atoms with Gasteiger partial charge in [0.2, 0.25) is 0 Å². The zero-order valence-corrected chi connectivity index (χ0v) is 8.06. The van der Waals surface area contributed by atoms with Gasteiger partial charge in [-0.05, 0) is 12.1 Å². The average Bonchev–Trinajstić information content (AvgIpc) is 2.09. The molecular weight excluding hydrogens is 187 g/mol. The second kappa shape index (κ2) is 5.04. The monoisotopic (exact) mass is 198 g/mol. The molecule has 0 spiro atoms.